The number of benzene rings is 1. The zero-order valence-electron chi connectivity index (χ0n) is 15.0. The molecule has 4 heterocycles. The van der Waals surface area contributed by atoms with Crippen LogP contribution in [0, 0.1) is 0 Å². The van der Waals surface area contributed by atoms with Crippen molar-refractivity contribution in [3.8, 4) is 5.88 Å². The van der Waals surface area contributed by atoms with Crippen LogP contribution in [-0.2, 0) is 0 Å². The van der Waals surface area contributed by atoms with Gasteiger partial charge in [0.05, 0.1) is 11.4 Å². The van der Waals surface area contributed by atoms with E-state index < -0.39 is 0 Å². The van der Waals surface area contributed by atoms with Gasteiger partial charge in [0.25, 0.3) is 0 Å². The molecule has 0 spiro atoms. The molecule has 6 nitrogen and oxygen atoms in total. The van der Waals surface area contributed by atoms with E-state index in [2.05, 4.69) is 41.1 Å². The number of halogens is 1. The molecule has 0 fully saturated rings. The average Bonchev–Trinajstić information content (AvgIpc) is 3.28. The first-order chi connectivity index (χ1) is 14.2. The molecule has 140 valence electrons. The summed E-state index contributed by atoms with van der Waals surface area (Å²) in [6.45, 7) is 0. The molecule has 5 rings (SSSR count). The van der Waals surface area contributed by atoms with Crippen LogP contribution in [0.2, 0.25) is 0 Å². The van der Waals surface area contributed by atoms with E-state index in [0.717, 1.165) is 37.2 Å². The molecule has 1 aromatic carbocycles. The summed E-state index contributed by atoms with van der Waals surface area (Å²) < 4.78 is 0.849. The van der Waals surface area contributed by atoms with E-state index >= 15 is 0 Å². The topological polar surface area (TPSA) is 86.5 Å². The molecular weight excluding hydrogens is 430 g/mol. The number of aromatic hydroxyl groups is 1. The maximum Gasteiger partial charge on any atom is 0.198 e. The predicted octanol–water partition coefficient (Wildman–Crippen LogP) is 4.17. The van der Waals surface area contributed by atoms with Gasteiger partial charge in [-0.1, -0.05) is 12.1 Å². The first kappa shape index (κ1) is 17.5. The first-order valence-electron chi connectivity index (χ1n) is 8.89. The van der Waals surface area contributed by atoms with E-state index in [9.17, 15) is 5.11 Å². The smallest absolute Gasteiger partial charge is 0.198 e. The molecule has 4 aromatic rings. The van der Waals surface area contributed by atoms with Gasteiger partial charge in [-0.25, -0.2) is 4.98 Å². The van der Waals surface area contributed by atoms with Gasteiger partial charge >= 0.3 is 0 Å². The maximum atomic E-state index is 10.3. The number of hydrogen-bond donors (Lipinski definition) is 2. The largest absolute Gasteiger partial charge is 0.494 e. The lowest BCUT2D eigenvalue weighted by molar-refractivity contribution is 0.457. The normalized spacial score (nSPS) is 13.7. The lowest BCUT2D eigenvalue weighted by Crippen LogP contribution is -2.08. The van der Waals surface area contributed by atoms with Gasteiger partial charge < -0.3 is 10.1 Å². The summed E-state index contributed by atoms with van der Waals surface area (Å²) in [7, 11) is 0. The van der Waals surface area contributed by atoms with Gasteiger partial charge in [0.1, 0.15) is 5.65 Å². The predicted molar refractivity (Wildman–Crippen MR) is 116 cm³/mol. The van der Waals surface area contributed by atoms with Gasteiger partial charge in [-0.05, 0) is 69.2 Å². The Morgan fingerprint density at radius 1 is 1.00 bits per heavy atom. The van der Waals surface area contributed by atoms with Crippen molar-refractivity contribution in [1.82, 2.24) is 15.0 Å². The molecule has 0 atom stereocenters. The number of aromatic amines is 1. The number of rotatable bonds is 3. The summed E-state index contributed by atoms with van der Waals surface area (Å²) in [6.07, 6.45) is 11.0. The maximum absolute atomic E-state index is 10.3. The van der Waals surface area contributed by atoms with Crippen molar-refractivity contribution in [2.24, 2.45) is 10.2 Å². The van der Waals surface area contributed by atoms with Crippen molar-refractivity contribution < 1.29 is 5.11 Å². The van der Waals surface area contributed by atoms with Gasteiger partial charge in [-0.2, -0.15) is 0 Å². The number of pyridine rings is 2. The molecular formula is C22H14BrN5O. The number of nitrogens with one attached hydrogen (secondary N) is 1. The van der Waals surface area contributed by atoms with Crippen molar-refractivity contribution in [3.63, 3.8) is 0 Å². The Balaban J connectivity index is 1.57. The molecule has 29 heavy (non-hydrogen) atoms. The molecule has 2 N–H and O–H groups in total. The van der Waals surface area contributed by atoms with Crippen molar-refractivity contribution in [3.05, 3.63) is 87.1 Å². The number of aromatic nitrogens is 3. The summed E-state index contributed by atoms with van der Waals surface area (Å²) in [5.41, 5.74) is 3.98. The lowest BCUT2D eigenvalue weighted by atomic mass is 10.1. The minimum Gasteiger partial charge on any atom is -0.494 e. The third kappa shape index (κ3) is 3.36. The Labute approximate surface area is 173 Å². The molecule has 0 bridgehead atoms. The highest BCUT2D eigenvalue weighted by atomic mass is 79.9. The van der Waals surface area contributed by atoms with Crippen LogP contribution in [-0.4, -0.2) is 20.1 Å². The molecule has 7 heteroatoms. The quantitative estimate of drug-likeness (QED) is 0.497. The number of H-pyrrole nitrogens is 1. The fourth-order valence-electron chi connectivity index (χ4n) is 3.24. The number of azo groups is 1. The molecule has 1 aliphatic rings. The minimum atomic E-state index is 0.0836. The number of fused-ring (bicyclic) bond motifs is 2. The van der Waals surface area contributed by atoms with E-state index in [-0.39, 0.29) is 5.88 Å². The number of hydrogen-bond acceptors (Lipinski definition) is 5. The zero-order chi connectivity index (χ0) is 19.8. The standard InChI is InChI=1S/C22H14BrN5O/c23-15-11-17-18(22(29)26-21(17)25-12-15)9-14-1-3-16-19(27-28-20(16)10-14)4-2-13-5-7-24-8-6-13/h1-12,29H,(H,25,26)/b4-2+,14-9+. The highest BCUT2D eigenvalue weighted by Gasteiger charge is 2.11. The summed E-state index contributed by atoms with van der Waals surface area (Å²) in [6, 6.07) is 11.7. The third-order valence-corrected chi connectivity index (χ3v) is 5.08. The Hall–Kier alpha value is -3.58. The molecule has 0 unspecified atom stereocenters. The second-order valence-corrected chi connectivity index (χ2v) is 7.47. The van der Waals surface area contributed by atoms with Gasteiger partial charge in [-0.3, -0.25) is 4.98 Å². The third-order valence-electron chi connectivity index (χ3n) is 4.65. The average molecular weight is 444 g/mol. The van der Waals surface area contributed by atoms with Crippen molar-refractivity contribution in [2.45, 2.75) is 0 Å². The Morgan fingerprint density at radius 2 is 1.86 bits per heavy atom. The fraction of sp³-hybridized carbons (Fsp3) is 0. The van der Waals surface area contributed by atoms with E-state index in [4.69, 9.17) is 0 Å². The summed E-state index contributed by atoms with van der Waals surface area (Å²) in [5, 5.41) is 21.6. The van der Waals surface area contributed by atoms with Crippen LogP contribution in [0.25, 0.3) is 28.9 Å². The van der Waals surface area contributed by atoms with E-state index in [1.54, 1.807) is 18.6 Å². The minimum absolute atomic E-state index is 0.0836. The molecule has 0 saturated heterocycles. The van der Waals surface area contributed by atoms with Crippen LogP contribution in [0.3, 0.4) is 0 Å². The second-order valence-electron chi connectivity index (χ2n) is 6.56. The molecule has 0 amide bonds. The molecule has 3 aromatic heterocycles. The van der Waals surface area contributed by atoms with Crippen LogP contribution in [0.4, 0.5) is 5.69 Å². The van der Waals surface area contributed by atoms with Gasteiger partial charge in [0.2, 0.25) is 0 Å². The van der Waals surface area contributed by atoms with E-state index in [0.29, 0.717) is 11.2 Å². The Kier molecular flexibility index (Phi) is 4.29. The highest BCUT2D eigenvalue weighted by molar-refractivity contribution is 9.10. The van der Waals surface area contributed by atoms with Crippen molar-refractivity contribution >= 4 is 50.5 Å². The fourth-order valence-corrected chi connectivity index (χ4v) is 3.57. The van der Waals surface area contributed by atoms with Crippen LogP contribution < -0.4 is 10.4 Å². The molecule has 0 aliphatic carbocycles. The van der Waals surface area contributed by atoms with Crippen LogP contribution in [0.15, 0.2) is 75.8 Å². The first-order valence-corrected chi connectivity index (χ1v) is 9.69. The van der Waals surface area contributed by atoms with Gasteiger partial charge in [-0.15, -0.1) is 10.2 Å². The van der Waals surface area contributed by atoms with Crippen LogP contribution in [0.5, 0.6) is 5.88 Å². The lowest BCUT2D eigenvalue weighted by Gasteiger charge is -1.95. The molecule has 0 radical (unpaired) electrons. The highest BCUT2D eigenvalue weighted by Crippen LogP contribution is 2.28. The second kappa shape index (κ2) is 7.10. The Bertz CT molecular complexity index is 1420. The molecule has 0 saturated carbocycles. The van der Waals surface area contributed by atoms with Crippen LogP contribution >= 0.6 is 15.9 Å². The monoisotopic (exact) mass is 443 g/mol. The summed E-state index contributed by atoms with van der Waals surface area (Å²) in [5.74, 6) is 0.0836. The van der Waals surface area contributed by atoms with Gasteiger partial charge in [0, 0.05) is 39.2 Å². The molecule has 1 aliphatic heterocycles. The van der Waals surface area contributed by atoms with Crippen molar-refractivity contribution in [1.29, 1.82) is 0 Å². The zero-order valence-corrected chi connectivity index (χ0v) is 16.6. The summed E-state index contributed by atoms with van der Waals surface area (Å²) >= 11 is 3.43. The summed E-state index contributed by atoms with van der Waals surface area (Å²) in [4.78, 5) is 11.2. The van der Waals surface area contributed by atoms with E-state index in [1.807, 2.05) is 54.6 Å². The van der Waals surface area contributed by atoms with Gasteiger partial charge in [0.15, 0.2) is 5.88 Å². The van der Waals surface area contributed by atoms with E-state index in [1.165, 1.54) is 0 Å². The van der Waals surface area contributed by atoms with Crippen molar-refractivity contribution in [2.75, 3.05) is 0 Å². The van der Waals surface area contributed by atoms with Crippen LogP contribution in [0.1, 0.15) is 11.1 Å². The SMILES string of the molecule is Oc1[nH]c2ncc(Br)cc2c1/C=c1\ccc2c(c1)N=NC=2/C=C/c1ccncc1. The number of nitrogens with zero attached hydrogens (tertiary/aromatic N) is 4. The Morgan fingerprint density at radius 3 is 2.72 bits per heavy atom.